The zero-order valence-electron chi connectivity index (χ0n) is 14.5. The molecular formula is C18H18ClN7O. The number of fused-ring (bicyclic) bond motifs is 1. The Kier molecular flexibility index (Phi) is 3.93. The molecule has 138 valence electrons. The lowest BCUT2D eigenvalue weighted by molar-refractivity contribution is 0.0916. The minimum Gasteiger partial charge on any atom is -0.339 e. The number of amides is 1. The standard InChI is InChI=1S/C18H18ClN7O/c19-12-4-1-2-6-14(12)26-16(11-7-8-11)23-15(24-26)18(27)22-13-5-3-9-25-17(13)20-10-21-25/h1-2,4,6,10-11,13H,3,5,7-9H2,(H,22,27)/t13-/m1/s1. The summed E-state index contributed by atoms with van der Waals surface area (Å²) in [5, 5.41) is 12.3. The van der Waals surface area contributed by atoms with Crippen molar-refractivity contribution >= 4 is 17.5 Å². The molecule has 1 amide bonds. The fraction of sp³-hybridized carbons (Fsp3) is 0.389. The van der Waals surface area contributed by atoms with Crippen molar-refractivity contribution in [3.8, 4) is 5.69 Å². The maximum Gasteiger partial charge on any atom is 0.291 e. The van der Waals surface area contributed by atoms with Gasteiger partial charge in [-0.2, -0.15) is 5.10 Å². The quantitative estimate of drug-likeness (QED) is 0.747. The zero-order chi connectivity index (χ0) is 18.4. The molecule has 0 saturated heterocycles. The van der Waals surface area contributed by atoms with Gasteiger partial charge in [-0.1, -0.05) is 23.7 Å². The number of halogens is 1. The molecule has 2 aromatic heterocycles. The number of nitrogens with one attached hydrogen (secondary N) is 1. The van der Waals surface area contributed by atoms with Crippen molar-refractivity contribution in [1.29, 1.82) is 0 Å². The molecule has 0 spiro atoms. The molecule has 27 heavy (non-hydrogen) atoms. The lowest BCUT2D eigenvalue weighted by Crippen LogP contribution is -2.34. The van der Waals surface area contributed by atoms with Crippen LogP contribution in [0.2, 0.25) is 5.02 Å². The van der Waals surface area contributed by atoms with Gasteiger partial charge in [0, 0.05) is 12.5 Å². The lowest BCUT2D eigenvalue weighted by Gasteiger charge is -2.22. The first-order chi connectivity index (χ1) is 13.2. The van der Waals surface area contributed by atoms with Gasteiger partial charge in [-0.25, -0.2) is 19.3 Å². The van der Waals surface area contributed by atoms with Gasteiger partial charge in [-0.05, 0) is 37.8 Å². The van der Waals surface area contributed by atoms with E-state index in [9.17, 15) is 4.79 Å². The molecule has 1 atom stereocenters. The average molecular weight is 384 g/mol. The van der Waals surface area contributed by atoms with Gasteiger partial charge < -0.3 is 5.32 Å². The summed E-state index contributed by atoms with van der Waals surface area (Å²) in [5.74, 6) is 1.76. The van der Waals surface area contributed by atoms with Gasteiger partial charge in [-0.15, -0.1) is 5.10 Å². The van der Waals surface area contributed by atoms with Crippen molar-refractivity contribution in [1.82, 2.24) is 34.8 Å². The van der Waals surface area contributed by atoms with Crippen LogP contribution in [0.3, 0.4) is 0 Å². The van der Waals surface area contributed by atoms with Crippen LogP contribution in [-0.2, 0) is 6.54 Å². The van der Waals surface area contributed by atoms with Crippen LogP contribution < -0.4 is 5.32 Å². The molecule has 5 rings (SSSR count). The number of aryl methyl sites for hydroxylation is 1. The lowest BCUT2D eigenvalue weighted by atomic mass is 10.1. The Bertz CT molecular complexity index is 1010. The number of benzene rings is 1. The van der Waals surface area contributed by atoms with E-state index >= 15 is 0 Å². The van der Waals surface area contributed by atoms with Crippen LogP contribution in [0, 0.1) is 0 Å². The van der Waals surface area contributed by atoms with Gasteiger partial charge in [0.05, 0.1) is 16.8 Å². The largest absolute Gasteiger partial charge is 0.339 e. The average Bonchev–Trinajstić information content (AvgIpc) is 3.23. The van der Waals surface area contributed by atoms with E-state index in [0.29, 0.717) is 10.9 Å². The van der Waals surface area contributed by atoms with Crippen LogP contribution in [0.15, 0.2) is 30.6 Å². The van der Waals surface area contributed by atoms with Crippen LogP contribution in [0.5, 0.6) is 0 Å². The van der Waals surface area contributed by atoms with Crippen LogP contribution in [0.25, 0.3) is 5.69 Å². The minimum atomic E-state index is -0.302. The Morgan fingerprint density at radius 3 is 2.85 bits per heavy atom. The Morgan fingerprint density at radius 2 is 2.04 bits per heavy atom. The molecule has 0 radical (unpaired) electrons. The Morgan fingerprint density at radius 1 is 1.19 bits per heavy atom. The highest BCUT2D eigenvalue weighted by Gasteiger charge is 2.33. The third-order valence-corrected chi connectivity index (χ3v) is 5.30. The van der Waals surface area contributed by atoms with Gasteiger partial charge in [0.1, 0.15) is 18.0 Å². The number of aromatic nitrogens is 6. The van der Waals surface area contributed by atoms with E-state index in [1.54, 1.807) is 4.68 Å². The number of carbonyl (C=O) groups excluding carboxylic acids is 1. The number of para-hydroxylation sites is 1. The maximum atomic E-state index is 12.8. The van der Waals surface area contributed by atoms with E-state index in [2.05, 4.69) is 25.5 Å². The summed E-state index contributed by atoms with van der Waals surface area (Å²) in [7, 11) is 0. The van der Waals surface area contributed by atoms with Crippen LogP contribution in [-0.4, -0.2) is 35.4 Å². The Hall–Kier alpha value is -2.74. The number of carbonyl (C=O) groups is 1. The van der Waals surface area contributed by atoms with Crippen LogP contribution >= 0.6 is 11.6 Å². The first-order valence-corrected chi connectivity index (χ1v) is 9.49. The number of nitrogens with zero attached hydrogens (tertiary/aromatic N) is 6. The highest BCUT2D eigenvalue weighted by Crippen LogP contribution is 2.40. The minimum absolute atomic E-state index is 0.161. The molecule has 1 aliphatic heterocycles. The molecule has 1 saturated carbocycles. The van der Waals surface area contributed by atoms with Crippen LogP contribution in [0.1, 0.15) is 59.9 Å². The molecule has 1 aromatic carbocycles. The Balaban J connectivity index is 1.45. The zero-order valence-corrected chi connectivity index (χ0v) is 15.3. The highest BCUT2D eigenvalue weighted by molar-refractivity contribution is 6.32. The number of hydrogen-bond donors (Lipinski definition) is 1. The van der Waals surface area contributed by atoms with Crippen molar-refractivity contribution < 1.29 is 4.79 Å². The van der Waals surface area contributed by atoms with E-state index in [1.807, 2.05) is 28.9 Å². The molecule has 0 bridgehead atoms. The molecule has 3 aromatic rings. The molecule has 1 fully saturated rings. The predicted octanol–water partition coefficient (Wildman–Crippen LogP) is 2.65. The highest BCUT2D eigenvalue weighted by atomic mass is 35.5. The summed E-state index contributed by atoms with van der Waals surface area (Å²) >= 11 is 6.34. The van der Waals surface area contributed by atoms with Crippen molar-refractivity contribution in [3.63, 3.8) is 0 Å². The van der Waals surface area contributed by atoms with E-state index in [4.69, 9.17) is 11.6 Å². The monoisotopic (exact) mass is 383 g/mol. The van der Waals surface area contributed by atoms with Gasteiger partial charge >= 0.3 is 0 Å². The fourth-order valence-corrected chi connectivity index (χ4v) is 3.69. The maximum absolute atomic E-state index is 12.8. The smallest absolute Gasteiger partial charge is 0.291 e. The van der Waals surface area contributed by atoms with Gasteiger partial charge in [0.2, 0.25) is 5.82 Å². The molecule has 1 aliphatic carbocycles. The van der Waals surface area contributed by atoms with Crippen molar-refractivity contribution in [2.45, 2.75) is 44.2 Å². The van der Waals surface area contributed by atoms with E-state index < -0.39 is 0 Å². The predicted molar refractivity (Wildman–Crippen MR) is 97.8 cm³/mol. The summed E-state index contributed by atoms with van der Waals surface area (Å²) in [6.45, 7) is 0.826. The van der Waals surface area contributed by atoms with E-state index in [-0.39, 0.29) is 17.8 Å². The third kappa shape index (κ3) is 2.99. The van der Waals surface area contributed by atoms with Gasteiger partial charge in [0.25, 0.3) is 5.91 Å². The molecule has 0 unspecified atom stereocenters. The molecule has 3 heterocycles. The second kappa shape index (κ2) is 6.45. The number of rotatable bonds is 4. The second-order valence-electron chi connectivity index (χ2n) is 6.94. The molecule has 1 N–H and O–H groups in total. The topological polar surface area (TPSA) is 90.5 Å². The summed E-state index contributed by atoms with van der Waals surface area (Å²) in [4.78, 5) is 21.6. The summed E-state index contributed by atoms with van der Waals surface area (Å²) in [6, 6.07) is 7.28. The van der Waals surface area contributed by atoms with Crippen LogP contribution in [0.4, 0.5) is 0 Å². The fourth-order valence-electron chi connectivity index (χ4n) is 3.48. The summed E-state index contributed by atoms with van der Waals surface area (Å²) in [5.41, 5.74) is 0.741. The molecule has 9 heteroatoms. The second-order valence-corrected chi connectivity index (χ2v) is 7.35. The van der Waals surface area contributed by atoms with Crippen molar-refractivity contribution in [2.24, 2.45) is 0 Å². The summed E-state index contributed by atoms with van der Waals surface area (Å²) < 4.78 is 3.54. The molecular weight excluding hydrogens is 366 g/mol. The van der Waals surface area contributed by atoms with E-state index in [1.165, 1.54) is 6.33 Å². The normalized spacial score (nSPS) is 18.9. The summed E-state index contributed by atoms with van der Waals surface area (Å²) in [6.07, 6.45) is 5.39. The van der Waals surface area contributed by atoms with Crippen molar-refractivity contribution in [3.05, 3.63) is 53.1 Å². The SMILES string of the molecule is O=C(N[C@@H]1CCCn2ncnc21)c1nc(C2CC2)n(-c2ccccc2Cl)n1. The van der Waals surface area contributed by atoms with E-state index in [0.717, 1.165) is 49.6 Å². The Labute approximate surface area is 160 Å². The third-order valence-electron chi connectivity index (χ3n) is 4.98. The van der Waals surface area contributed by atoms with Gasteiger partial charge in [0.15, 0.2) is 0 Å². The van der Waals surface area contributed by atoms with Crippen molar-refractivity contribution in [2.75, 3.05) is 0 Å². The number of hydrogen-bond acceptors (Lipinski definition) is 5. The molecule has 2 aliphatic rings. The first-order valence-electron chi connectivity index (χ1n) is 9.11. The van der Waals surface area contributed by atoms with Gasteiger partial charge in [-0.3, -0.25) is 4.79 Å². The molecule has 8 nitrogen and oxygen atoms in total. The first kappa shape index (κ1) is 16.4.